The summed E-state index contributed by atoms with van der Waals surface area (Å²) >= 11 is 0. The van der Waals surface area contributed by atoms with Crippen LogP contribution in [0.4, 0.5) is 0 Å². The summed E-state index contributed by atoms with van der Waals surface area (Å²) in [6.45, 7) is 1.89. The summed E-state index contributed by atoms with van der Waals surface area (Å²) in [4.78, 5) is 11.6. The van der Waals surface area contributed by atoms with E-state index in [1.165, 1.54) is 0 Å². The normalized spacial score (nSPS) is 11.5. The van der Waals surface area contributed by atoms with Gasteiger partial charge in [0.2, 0.25) is 0 Å². The third kappa shape index (κ3) is 3.43. The summed E-state index contributed by atoms with van der Waals surface area (Å²) in [6, 6.07) is 10.8. The molecule has 0 heterocycles. The fraction of sp³-hybridized carbons (Fsp3) is 0.333. The summed E-state index contributed by atoms with van der Waals surface area (Å²) in [5.74, 6) is -0.363. The van der Waals surface area contributed by atoms with Crippen LogP contribution in [0.3, 0.4) is 0 Å². The van der Waals surface area contributed by atoms with Crippen molar-refractivity contribution in [3.05, 3.63) is 35.9 Å². The van der Waals surface area contributed by atoms with Crippen LogP contribution in [0, 0.1) is 11.3 Å². The van der Waals surface area contributed by atoms with Crippen molar-refractivity contribution in [3.8, 4) is 6.07 Å². The largest absolute Gasteiger partial charge is 0.458 e. The third-order valence-electron chi connectivity index (χ3n) is 2.06. The van der Waals surface area contributed by atoms with Gasteiger partial charge >= 0.3 is 5.97 Å². The summed E-state index contributed by atoms with van der Waals surface area (Å²) < 4.78 is 5.16. The molecule has 0 saturated carbocycles. The highest BCUT2D eigenvalue weighted by Crippen LogP contribution is 2.08. The minimum absolute atomic E-state index is 0.245. The fourth-order valence-electron chi connectivity index (χ4n) is 1.16. The lowest BCUT2D eigenvalue weighted by Gasteiger charge is -2.12. The average molecular weight is 203 g/mol. The van der Waals surface area contributed by atoms with Gasteiger partial charge in [-0.1, -0.05) is 25.1 Å². The minimum Gasteiger partial charge on any atom is -0.458 e. The van der Waals surface area contributed by atoms with Gasteiger partial charge in [0.1, 0.15) is 6.10 Å². The highest BCUT2D eigenvalue weighted by atomic mass is 16.5. The van der Waals surface area contributed by atoms with Gasteiger partial charge in [-0.3, -0.25) is 0 Å². The SMILES string of the molecule is CCC(CC#N)OC(=O)c1ccccc1. The summed E-state index contributed by atoms with van der Waals surface area (Å²) in [7, 11) is 0. The second-order valence-electron chi connectivity index (χ2n) is 3.16. The molecule has 0 aliphatic heterocycles. The zero-order valence-electron chi connectivity index (χ0n) is 8.64. The second-order valence-corrected chi connectivity index (χ2v) is 3.16. The topological polar surface area (TPSA) is 50.1 Å². The van der Waals surface area contributed by atoms with Gasteiger partial charge in [-0.2, -0.15) is 5.26 Å². The van der Waals surface area contributed by atoms with E-state index in [4.69, 9.17) is 10.00 Å². The van der Waals surface area contributed by atoms with Crippen LogP contribution in [0.25, 0.3) is 0 Å². The van der Waals surface area contributed by atoms with Crippen molar-refractivity contribution >= 4 is 5.97 Å². The molecule has 1 rings (SSSR count). The highest BCUT2D eigenvalue weighted by Gasteiger charge is 2.13. The maximum absolute atomic E-state index is 11.6. The molecule has 0 aromatic heterocycles. The lowest BCUT2D eigenvalue weighted by molar-refractivity contribution is 0.0304. The molecule has 0 radical (unpaired) electrons. The number of hydrogen-bond donors (Lipinski definition) is 0. The number of ether oxygens (including phenoxy) is 1. The smallest absolute Gasteiger partial charge is 0.338 e. The maximum Gasteiger partial charge on any atom is 0.338 e. The molecule has 1 atom stereocenters. The van der Waals surface area contributed by atoms with Crippen molar-refractivity contribution in [3.63, 3.8) is 0 Å². The van der Waals surface area contributed by atoms with Crippen LogP contribution >= 0.6 is 0 Å². The van der Waals surface area contributed by atoms with E-state index in [1.807, 2.05) is 19.1 Å². The molecule has 0 spiro atoms. The maximum atomic E-state index is 11.6. The third-order valence-corrected chi connectivity index (χ3v) is 2.06. The predicted octanol–water partition coefficient (Wildman–Crippen LogP) is 2.54. The Morgan fingerprint density at radius 1 is 1.47 bits per heavy atom. The minimum atomic E-state index is -0.363. The van der Waals surface area contributed by atoms with Crippen LogP contribution in [0.15, 0.2) is 30.3 Å². The van der Waals surface area contributed by atoms with Crippen molar-refractivity contribution in [2.75, 3.05) is 0 Å². The Morgan fingerprint density at radius 2 is 2.13 bits per heavy atom. The summed E-state index contributed by atoms with van der Waals surface area (Å²) in [6.07, 6.45) is 0.601. The Balaban J connectivity index is 2.59. The van der Waals surface area contributed by atoms with Crippen molar-refractivity contribution < 1.29 is 9.53 Å². The number of carbonyl (C=O) groups excluding carboxylic acids is 1. The molecule has 3 heteroatoms. The number of esters is 1. The standard InChI is InChI=1S/C12H13NO2/c1-2-11(8-9-13)15-12(14)10-6-4-3-5-7-10/h3-7,11H,2,8H2,1H3. The molecule has 1 aromatic rings. The first-order valence-electron chi connectivity index (χ1n) is 4.91. The lowest BCUT2D eigenvalue weighted by atomic mass is 10.2. The van der Waals surface area contributed by atoms with Crippen molar-refractivity contribution in [1.82, 2.24) is 0 Å². The van der Waals surface area contributed by atoms with E-state index in [2.05, 4.69) is 0 Å². The molecule has 15 heavy (non-hydrogen) atoms. The highest BCUT2D eigenvalue weighted by molar-refractivity contribution is 5.89. The molecular formula is C12H13NO2. The van der Waals surface area contributed by atoms with Crippen LogP contribution in [-0.4, -0.2) is 12.1 Å². The molecule has 78 valence electrons. The Labute approximate surface area is 89.3 Å². The first-order valence-corrected chi connectivity index (χ1v) is 4.91. The summed E-state index contributed by atoms with van der Waals surface area (Å²) in [5.41, 5.74) is 0.522. The van der Waals surface area contributed by atoms with Gasteiger partial charge in [-0.15, -0.1) is 0 Å². The van der Waals surface area contributed by atoms with Crippen LogP contribution in [0.2, 0.25) is 0 Å². The van der Waals surface area contributed by atoms with Gasteiger partial charge in [-0.25, -0.2) is 4.79 Å². The Hall–Kier alpha value is -1.82. The average Bonchev–Trinajstić information content (AvgIpc) is 2.29. The zero-order chi connectivity index (χ0) is 11.1. The Bertz CT molecular complexity index is 354. The number of hydrogen-bond acceptors (Lipinski definition) is 3. The molecule has 0 amide bonds. The molecule has 1 aromatic carbocycles. The lowest BCUT2D eigenvalue weighted by Crippen LogP contribution is -2.16. The molecule has 0 N–H and O–H groups in total. The van der Waals surface area contributed by atoms with Crippen LogP contribution < -0.4 is 0 Å². The molecular weight excluding hydrogens is 190 g/mol. The monoisotopic (exact) mass is 203 g/mol. The molecule has 1 unspecified atom stereocenters. The van der Waals surface area contributed by atoms with Gasteiger partial charge in [0.25, 0.3) is 0 Å². The predicted molar refractivity (Wildman–Crippen MR) is 56.2 cm³/mol. The number of carbonyl (C=O) groups is 1. The number of nitrogens with zero attached hydrogens (tertiary/aromatic N) is 1. The van der Waals surface area contributed by atoms with E-state index in [9.17, 15) is 4.79 Å². The number of rotatable bonds is 4. The van der Waals surface area contributed by atoms with Gasteiger partial charge < -0.3 is 4.74 Å². The fourth-order valence-corrected chi connectivity index (χ4v) is 1.16. The van der Waals surface area contributed by atoms with Crippen LogP contribution in [0.1, 0.15) is 30.1 Å². The Morgan fingerprint density at radius 3 is 2.67 bits per heavy atom. The summed E-state index contributed by atoms with van der Waals surface area (Å²) in [5, 5.41) is 8.51. The molecule has 0 aliphatic rings. The van der Waals surface area contributed by atoms with E-state index in [1.54, 1.807) is 24.3 Å². The number of benzene rings is 1. The van der Waals surface area contributed by atoms with E-state index in [-0.39, 0.29) is 18.5 Å². The molecule has 0 saturated heterocycles. The Kier molecular flexibility index (Phi) is 4.36. The molecule has 3 nitrogen and oxygen atoms in total. The zero-order valence-corrected chi connectivity index (χ0v) is 8.64. The van der Waals surface area contributed by atoms with Gasteiger partial charge in [0, 0.05) is 0 Å². The molecule has 0 fully saturated rings. The first-order chi connectivity index (χ1) is 7.27. The van der Waals surface area contributed by atoms with Crippen molar-refractivity contribution in [2.45, 2.75) is 25.9 Å². The van der Waals surface area contributed by atoms with E-state index >= 15 is 0 Å². The molecule has 0 aliphatic carbocycles. The first kappa shape index (κ1) is 11.3. The van der Waals surface area contributed by atoms with Crippen LogP contribution in [-0.2, 0) is 4.74 Å². The molecule has 0 bridgehead atoms. The van der Waals surface area contributed by atoms with E-state index in [0.29, 0.717) is 12.0 Å². The number of nitriles is 1. The quantitative estimate of drug-likeness (QED) is 0.706. The van der Waals surface area contributed by atoms with Crippen LogP contribution in [0.5, 0.6) is 0 Å². The second kappa shape index (κ2) is 5.82. The van der Waals surface area contributed by atoms with Gasteiger partial charge in [0.05, 0.1) is 18.1 Å². The van der Waals surface area contributed by atoms with Gasteiger partial charge in [0.15, 0.2) is 0 Å². The van der Waals surface area contributed by atoms with E-state index < -0.39 is 0 Å². The van der Waals surface area contributed by atoms with Crippen molar-refractivity contribution in [2.24, 2.45) is 0 Å². The van der Waals surface area contributed by atoms with E-state index in [0.717, 1.165) is 0 Å². The van der Waals surface area contributed by atoms with Crippen molar-refractivity contribution in [1.29, 1.82) is 5.26 Å². The van der Waals surface area contributed by atoms with Gasteiger partial charge in [-0.05, 0) is 18.6 Å².